The Morgan fingerprint density at radius 1 is 1.05 bits per heavy atom. The van der Waals surface area contributed by atoms with Gasteiger partial charge in [0.2, 0.25) is 0 Å². The Morgan fingerprint density at radius 3 is 2.19 bits per heavy atom. The molecule has 0 aromatic heterocycles. The van der Waals surface area contributed by atoms with Gasteiger partial charge in [0.05, 0.1) is 0 Å². The van der Waals surface area contributed by atoms with Gasteiger partial charge in [-0.2, -0.15) is 0 Å². The van der Waals surface area contributed by atoms with Gasteiger partial charge in [0.1, 0.15) is 6.10 Å². The minimum absolute atomic E-state index is 0.104. The zero-order valence-corrected chi connectivity index (χ0v) is 13.6. The Hall–Kier alpha value is -0.530. The lowest BCUT2D eigenvalue weighted by Gasteiger charge is -2.54. The number of rotatable bonds is 3. The van der Waals surface area contributed by atoms with Gasteiger partial charge in [0.15, 0.2) is 0 Å². The van der Waals surface area contributed by atoms with Crippen molar-refractivity contribution in [3.63, 3.8) is 0 Å². The zero-order chi connectivity index (χ0) is 14.6. The molecule has 0 saturated heterocycles. The average Bonchev–Trinajstić information content (AvgIpc) is 2.72. The molecule has 21 heavy (non-hydrogen) atoms. The van der Waals surface area contributed by atoms with Gasteiger partial charge in [0, 0.05) is 11.8 Å². The highest BCUT2D eigenvalue weighted by Gasteiger charge is 2.49. The standard InChI is InChI=1S/C19H30O2/c1-19(2)5-3-4-17(19)21-18(20)11-16-14-7-12-6-13(9-14)10-15(16)8-12/h12-17H,3-11H2,1-2H3. The smallest absolute Gasteiger partial charge is 0.306 e. The summed E-state index contributed by atoms with van der Waals surface area (Å²) in [5.41, 5.74) is 0.194. The van der Waals surface area contributed by atoms with Crippen LogP contribution in [0.1, 0.15) is 71.6 Å². The van der Waals surface area contributed by atoms with Gasteiger partial charge in [0.25, 0.3) is 0 Å². The second-order valence-corrected chi connectivity index (χ2v) is 9.16. The van der Waals surface area contributed by atoms with Crippen molar-refractivity contribution in [3.05, 3.63) is 0 Å². The van der Waals surface area contributed by atoms with Crippen LogP contribution in [0.4, 0.5) is 0 Å². The highest BCUT2D eigenvalue weighted by Crippen LogP contribution is 2.57. The predicted molar refractivity (Wildman–Crippen MR) is 82.7 cm³/mol. The van der Waals surface area contributed by atoms with E-state index in [0.29, 0.717) is 12.3 Å². The third kappa shape index (κ3) is 2.53. The van der Waals surface area contributed by atoms with E-state index < -0.39 is 0 Å². The van der Waals surface area contributed by atoms with E-state index in [2.05, 4.69) is 13.8 Å². The summed E-state index contributed by atoms with van der Waals surface area (Å²) in [6.45, 7) is 4.50. The maximum Gasteiger partial charge on any atom is 0.306 e. The normalized spacial score (nSPS) is 46.8. The van der Waals surface area contributed by atoms with Crippen molar-refractivity contribution >= 4 is 5.97 Å². The van der Waals surface area contributed by atoms with Crippen molar-refractivity contribution in [3.8, 4) is 0 Å². The molecule has 5 fully saturated rings. The van der Waals surface area contributed by atoms with Gasteiger partial charge >= 0.3 is 5.97 Å². The SMILES string of the molecule is CC1(C)CCCC1OC(=O)CC1C2CC3CC(C2)CC1C3. The van der Waals surface area contributed by atoms with Crippen molar-refractivity contribution in [1.29, 1.82) is 0 Å². The monoisotopic (exact) mass is 290 g/mol. The zero-order valence-electron chi connectivity index (χ0n) is 13.6. The molecule has 0 aliphatic heterocycles. The third-order valence-corrected chi connectivity index (χ3v) is 7.26. The van der Waals surface area contributed by atoms with Crippen LogP contribution in [0.3, 0.4) is 0 Å². The molecule has 0 aromatic carbocycles. The van der Waals surface area contributed by atoms with Gasteiger partial charge in [-0.05, 0) is 81.0 Å². The Labute approximate surface area is 129 Å². The number of hydrogen-bond donors (Lipinski definition) is 0. The molecule has 4 bridgehead atoms. The molecule has 5 rings (SSSR count). The molecule has 0 N–H and O–H groups in total. The number of carbonyl (C=O) groups excluding carboxylic acids is 1. The van der Waals surface area contributed by atoms with E-state index in [1.165, 1.54) is 44.9 Å². The van der Waals surface area contributed by atoms with Crippen molar-refractivity contribution in [2.24, 2.45) is 35.0 Å². The molecule has 118 valence electrons. The second-order valence-electron chi connectivity index (χ2n) is 9.16. The maximum absolute atomic E-state index is 12.5. The van der Waals surface area contributed by atoms with Crippen LogP contribution in [-0.2, 0) is 9.53 Å². The summed E-state index contributed by atoms with van der Waals surface area (Å²) in [5.74, 6) is 4.42. The molecule has 1 atom stereocenters. The molecule has 5 saturated carbocycles. The maximum atomic E-state index is 12.5. The number of esters is 1. The van der Waals surface area contributed by atoms with Crippen molar-refractivity contribution in [2.75, 3.05) is 0 Å². The minimum Gasteiger partial charge on any atom is -0.462 e. The predicted octanol–water partition coefficient (Wildman–Crippen LogP) is 4.57. The number of hydrogen-bond acceptors (Lipinski definition) is 2. The topological polar surface area (TPSA) is 26.3 Å². The number of ether oxygens (including phenoxy) is 1. The van der Waals surface area contributed by atoms with Crippen LogP contribution >= 0.6 is 0 Å². The van der Waals surface area contributed by atoms with E-state index >= 15 is 0 Å². The molecule has 5 aliphatic carbocycles. The van der Waals surface area contributed by atoms with Crippen molar-refractivity contribution in [1.82, 2.24) is 0 Å². The lowest BCUT2D eigenvalue weighted by molar-refractivity contribution is -0.158. The third-order valence-electron chi connectivity index (χ3n) is 7.26. The van der Waals surface area contributed by atoms with E-state index in [9.17, 15) is 4.79 Å². The first-order valence-corrected chi connectivity index (χ1v) is 9.21. The first kappa shape index (κ1) is 14.1. The summed E-state index contributed by atoms with van der Waals surface area (Å²) in [4.78, 5) is 12.5. The molecule has 1 unspecified atom stereocenters. The first-order chi connectivity index (χ1) is 10.0. The molecule has 0 amide bonds. The van der Waals surface area contributed by atoms with E-state index in [1.807, 2.05) is 0 Å². The first-order valence-electron chi connectivity index (χ1n) is 9.21. The average molecular weight is 290 g/mol. The summed E-state index contributed by atoms with van der Waals surface area (Å²) >= 11 is 0. The summed E-state index contributed by atoms with van der Waals surface area (Å²) < 4.78 is 5.89. The van der Waals surface area contributed by atoms with Crippen LogP contribution in [0.5, 0.6) is 0 Å². The molecule has 2 nitrogen and oxygen atoms in total. The van der Waals surface area contributed by atoms with Crippen LogP contribution in [0, 0.1) is 35.0 Å². The van der Waals surface area contributed by atoms with Crippen LogP contribution in [0.2, 0.25) is 0 Å². The Balaban J connectivity index is 1.37. The molecule has 5 aliphatic rings. The Morgan fingerprint density at radius 2 is 1.67 bits per heavy atom. The Kier molecular flexibility index (Phi) is 3.35. The van der Waals surface area contributed by atoms with Crippen LogP contribution in [0.25, 0.3) is 0 Å². The second kappa shape index (κ2) is 4.99. The lowest BCUT2D eigenvalue weighted by Crippen LogP contribution is -2.46. The molecular weight excluding hydrogens is 260 g/mol. The highest BCUT2D eigenvalue weighted by molar-refractivity contribution is 5.70. The fourth-order valence-electron chi connectivity index (χ4n) is 6.28. The molecule has 0 aromatic rings. The van der Waals surface area contributed by atoms with Crippen LogP contribution < -0.4 is 0 Å². The summed E-state index contributed by atoms with van der Waals surface area (Å²) in [7, 11) is 0. The molecule has 0 heterocycles. The number of carbonyl (C=O) groups is 1. The van der Waals surface area contributed by atoms with Gasteiger partial charge in [-0.25, -0.2) is 0 Å². The Bertz CT molecular complexity index is 397. The highest BCUT2D eigenvalue weighted by atomic mass is 16.5. The van der Waals surface area contributed by atoms with Gasteiger partial charge < -0.3 is 4.74 Å². The molecular formula is C19H30O2. The van der Waals surface area contributed by atoms with Crippen LogP contribution in [-0.4, -0.2) is 12.1 Å². The fourth-order valence-corrected chi connectivity index (χ4v) is 6.28. The minimum atomic E-state index is 0.104. The van der Waals surface area contributed by atoms with E-state index in [4.69, 9.17) is 4.74 Å². The van der Waals surface area contributed by atoms with E-state index in [1.54, 1.807) is 0 Å². The summed E-state index contributed by atoms with van der Waals surface area (Å²) in [5, 5.41) is 0. The summed E-state index contributed by atoms with van der Waals surface area (Å²) in [6.07, 6.45) is 11.5. The lowest BCUT2D eigenvalue weighted by atomic mass is 9.51. The molecule has 0 spiro atoms. The van der Waals surface area contributed by atoms with Crippen LogP contribution in [0.15, 0.2) is 0 Å². The van der Waals surface area contributed by atoms with E-state index in [0.717, 1.165) is 30.1 Å². The van der Waals surface area contributed by atoms with Crippen molar-refractivity contribution in [2.45, 2.75) is 77.7 Å². The molecule has 2 heteroatoms. The molecule has 0 radical (unpaired) electrons. The quantitative estimate of drug-likeness (QED) is 0.712. The fraction of sp³-hybridized carbons (Fsp3) is 0.947. The van der Waals surface area contributed by atoms with Crippen molar-refractivity contribution < 1.29 is 9.53 Å². The van der Waals surface area contributed by atoms with Gasteiger partial charge in [-0.15, -0.1) is 0 Å². The van der Waals surface area contributed by atoms with E-state index in [-0.39, 0.29) is 17.5 Å². The van der Waals surface area contributed by atoms with Gasteiger partial charge in [-0.3, -0.25) is 4.79 Å². The summed E-state index contributed by atoms with van der Waals surface area (Å²) in [6, 6.07) is 0. The largest absolute Gasteiger partial charge is 0.462 e. The van der Waals surface area contributed by atoms with Gasteiger partial charge in [-0.1, -0.05) is 13.8 Å².